The molecule has 0 atom stereocenters. The highest BCUT2D eigenvalue weighted by Gasteiger charge is 2.18. The summed E-state index contributed by atoms with van der Waals surface area (Å²) in [5.74, 6) is -1.22. The van der Waals surface area contributed by atoms with Crippen LogP contribution < -0.4 is 10.0 Å². The number of hydrogen-bond acceptors (Lipinski definition) is 5. The molecule has 0 spiro atoms. The van der Waals surface area contributed by atoms with Crippen molar-refractivity contribution in [2.75, 3.05) is 27.3 Å². The molecule has 0 fully saturated rings. The molecule has 0 aromatic heterocycles. The molecule has 0 bridgehead atoms. The summed E-state index contributed by atoms with van der Waals surface area (Å²) in [6.07, 6.45) is 2.74. The molecule has 1 amide bonds. The summed E-state index contributed by atoms with van der Waals surface area (Å²) in [5.41, 5.74) is 1.28. The van der Waals surface area contributed by atoms with E-state index in [1.165, 1.54) is 0 Å². The van der Waals surface area contributed by atoms with Crippen molar-refractivity contribution < 1.29 is 21.6 Å². The van der Waals surface area contributed by atoms with Crippen LogP contribution in [-0.4, -0.2) is 40.0 Å². The first kappa shape index (κ1) is 22.4. The van der Waals surface area contributed by atoms with Crippen molar-refractivity contribution in [1.29, 1.82) is 0 Å². The van der Waals surface area contributed by atoms with Crippen LogP contribution in [0.5, 0.6) is 0 Å². The zero-order valence-corrected chi connectivity index (χ0v) is 17.2. The first-order valence-electron chi connectivity index (χ1n) is 8.70. The molecule has 7 nitrogen and oxygen atoms in total. The smallest absolute Gasteiger partial charge is 0.239 e. The van der Waals surface area contributed by atoms with E-state index in [0.717, 1.165) is 12.8 Å². The first-order valence-corrected chi connectivity index (χ1v) is 12.2. The first-order chi connectivity index (χ1) is 12.1. The van der Waals surface area contributed by atoms with E-state index in [2.05, 4.69) is 10.0 Å². The van der Waals surface area contributed by atoms with Gasteiger partial charge < -0.3 is 5.32 Å². The molecule has 0 unspecified atom stereocenters. The van der Waals surface area contributed by atoms with Crippen LogP contribution in [0.1, 0.15) is 45.1 Å². The topological polar surface area (TPSA) is 109 Å². The van der Waals surface area contributed by atoms with Gasteiger partial charge in [-0.25, -0.2) is 16.8 Å². The minimum Gasteiger partial charge on any atom is -0.325 e. The molecule has 1 aromatic rings. The van der Waals surface area contributed by atoms with Gasteiger partial charge >= 0.3 is 0 Å². The van der Waals surface area contributed by atoms with Crippen molar-refractivity contribution in [3.8, 4) is 0 Å². The molecular weight excluding hydrogens is 376 g/mol. The average molecular weight is 405 g/mol. The molecule has 0 radical (unpaired) electrons. The Balaban J connectivity index is 2.81. The van der Waals surface area contributed by atoms with Crippen LogP contribution in [0.15, 0.2) is 18.2 Å². The fraction of sp³-hybridized carbons (Fsp3) is 0.588. The zero-order chi connectivity index (χ0) is 19.8. The van der Waals surface area contributed by atoms with Gasteiger partial charge in [0.05, 0.1) is 17.2 Å². The molecule has 148 valence electrons. The fourth-order valence-corrected chi connectivity index (χ4v) is 4.85. The number of sulfonamides is 1. The Bertz CT molecular complexity index is 818. The number of benzene rings is 1. The number of anilines is 2. The van der Waals surface area contributed by atoms with Gasteiger partial charge in [0, 0.05) is 5.69 Å². The van der Waals surface area contributed by atoms with Gasteiger partial charge in [-0.15, -0.1) is 0 Å². The standard InChI is InChI=1S/C17H28N2O5S2/c1-4-6-7-12-25(21,22)13-17(20)18-15-9-8-10-16(14(15)3)19-26(23,24)11-5-2/h8-10,19H,4-7,11-13H2,1-3H3,(H,18,20). The minimum absolute atomic E-state index is 0.000962. The summed E-state index contributed by atoms with van der Waals surface area (Å²) < 4.78 is 50.3. The van der Waals surface area contributed by atoms with Crippen molar-refractivity contribution in [3.05, 3.63) is 23.8 Å². The van der Waals surface area contributed by atoms with Crippen LogP contribution in [0.25, 0.3) is 0 Å². The Hall–Kier alpha value is -1.61. The summed E-state index contributed by atoms with van der Waals surface area (Å²) in [5, 5.41) is 2.56. The van der Waals surface area contributed by atoms with Crippen LogP contribution in [0.4, 0.5) is 11.4 Å². The zero-order valence-electron chi connectivity index (χ0n) is 15.5. The van der Waals surface area contributed by atoms with Crippen molar-refractivity contribution >= 4 is 37.1 Å². The third-order valence-electron chi connectivity index (χ3n) is 3.76. The number of rotatable bonds is 11. The molecule has 26 heavy (non-hydrogen) atoms. The van der Waals surface area contributed by atoms with Crippen molar-refractivity contribution in [2.45, 2.75) is 46.5 Å². The molecule has 0 saturated heterocycles. The number of hydrogen-bond donors (Lipinski definition) is 2. The highest BCUT2D eigenvalue weighted by molar-refractivity contribution is 7.92. The van der Waals surface area contributed by atoms with Gasteiger partial charge in [0.2, 0.25) is 15.9 Å². The SMILES string of the molecule is CCCCCS(=O)(=O)CC(=O)Nc1cccc(NS(=O)(=O)CCC)c1C. The van der Waals surface area contributed by atoms with Crippen LogP contribution in [-0.2, 0) is 24.7 Å². The monoisotopic (exact) mass is 404 g/mol. The molecule has 0 saturated carbocycles. The van der Waals surface area contributed by atoms with Crippen LogP contribution in [0, 0.1) is 6.92 Å². The summed E-state index contributed by atoms with van der Waals surface area (Å²) in [4.78, 5) is 12.1. The van der Waals surface area contributed by atoms with E-state index in [1.54, 1.807) is 32.0 Å². The summed E-state index contributed by atoms with van der Waals surface area (Å²) >= 11 is 0. The Kier molecular flexibility index (Phi) is 8.55. The highest BCUT2D eigenvalue weighted by Crippen LogP contribution is 2.24. The summed E-state index contributed by atoms with van der Waals surface area (Å²) in [6.45, 7) is 5.41. The summed E-state index contributed by atoms with van der Waals surface area (Å²) in [7, 11) is -6.91. The predicted molar refractivity (Wildman–Crippen MR) is 106 cm³/mol. The maximum Gasteiger partial charge on any atom is 0.239 e. The Morgan fingerprint density at radius 3 is 2.23 bits per heavy atom. The molecule has 1 rings (SSSR count). The van der Waals surface area contributed by atoms with Crippen molar-refractivity contribution in [2.24, 2.45) is 0 Å². The van der Waals surface area contributed by atoms with E-state index in [0.29, 0.717) is 29.8 Å². The molecule has 0 heterocycles. The van der Waals surface area contributed by atoms with Crippen molar-refractivity contribution in [1.82, 2.24) is 0 Å². The fourth-order valence-electron chi connectivity index (χ4n) is 2.40. The van der Waals surface area contributed by atoms with E-state index in [-0.39, 0.29) is 11.5 Å². The van der Waals surface area contributed by atoms with Gasteiger partial charge in [-0.1, -0.05) is 32.8 Å². The normalized spacial score (nSPS) is 12.0. The van der Waals surface area contributed by atoms with E-state index in [9.17, 15) is 21.6 Å². The number of amides is 1. The van der Waals surface area contributed by atoms with E-state index < -0.39 is 31.5 Å². The maximum absolute atomic E-state index is 12.1. The van der Waals surface area contributed by atoms with E-state index in [1.807, 2.05) is 6.92 Å². The number of nitrogens with one attached hydrogen (secondary N) is 2. The Labute approximate surface area is 156 Å². The van der Waals surface area contributed by atoms with Crippen molar-refractivity contribution in [3.63, 3.8) is 0 Å². The molecule has 2 N–H and O–H groups in total. The molecular formula is C17H28N2O5S2. The molecule has 9 heteroatoms. The quantitative estimate of drug-likeness (QED) is 0.551. The Morgan fingerprint density at radius 2 is 1.62 bits per heavy atom. The second kappa shape index (κ2) is 9.91. The molecule has 0 aliphatic heterocycles. The lowest BCUT2D eigenvalue weighted by molar-refractivity contribution is -0.113. The van der Waals surface area contributed by atoms with Gasteiger partial charge in [-0.05, 0) is 37.5 Å². The van der Waals surface area contributed by atoms with Gasteiger partial charge in [0.25, 0.3) is 0 Å². The number of carbonyl (C=O) groups excluding carboxylic acids is 1. The predicted octanol–water partition coefficient (Wildman–Crippen LogP) is 2.69. The van der Waals surface area contributed by atoms with Crippen LogP contribution in [0.3, 0.4) is 0 Å². The van der Waals surface area contributed by atoms with E-state index >= 15 is 0 Å². The lowest BCUT2D eigenvalue weighted by atomic mass is 10.1. The second-order valence-corrected chi connectivity index (χ2v) is 10.3. The number of unbranched alkanes of at least 4 members (excludes halogenated alkanes) is 2. The van der Waals surface area contributed by atoms with Gasteiger partial charge in [-0.2, -0.15) is 0 Å². The molecule has 1 aromatic carbocycles. The third kappa shape index (κ3) is 7.74. The largest absolute Gasteiger partial charge is 0.325 e. The summed E-state index contributed by atoms with van der Waals surface area (Å²) in [6, 6.07) is 4.80. The maximum atomic E-state index is 12.1. The van der Waals surface area contributed by atoms with Crippen LogP contribution >= 0.6 is 0 Å². The van der Waals surface area contributed by atoms with Gasteiger partial charge in [0.1, 0.15) is 5.75 Å². The van der Waals surface area contributed by atoms with Gasteiger partial charge in [-0.3, -0.25) is 9.52 Å². The van der Waals surface area contributed by atoms with Gasteiger partial charge in [0.15, 0.2) is 9.84 Å². The second-order valence-electron chi connectivity index (χ2n) is 6.25. The molecule has 0 aliphatic carbocycles. The minimum atomic E-state index is -3.46. The van der Waals surface area contributed by atoms with Crippen LogP contribution in [0.2, 0.25) is 0 Å². The van der Waals surface area contributed by atoms with E-state index in [4.69, 9.17) is 0 Å². The average Bonchev–Trinajstić information content (AvgIpc) is 2.50. The number of sulfone groups is 1. The Morgan fingerprint density at radius 1 is 0.962 bits per heavy atom. The molecule has 0 aliphatic rings. The highest BCUT2D eigenvalue weighted by atomic mass is 32.2. The lowest BCUT2D eigenvalue weighted by Gasteiger charge is -2.14. The lowest BCUT2D eigenvalue weighted by Crippen LogP contribution is -2.25. The number of carbonyl (C=O) groups is 1. The third-order valence-corrected chi connectivity index (χ3v) is 6.85.